The van der Waals surface area contributed by atoms with Crippen molar-refractivity contribution in [2.24, 2.45) is 0 Å². The number of likely N-dealkylation sites (N-methyl/N-ethyl adjacent to an activating group) is 1. The molecule has 1 atom stereocenters. The third-order valence-corrected chi connectivity index (χ3v) is 5.01. The highest BCUT2D eigenvalue weighted by Crippen LogP contribution is 2.23. The smallest absolute Gasteiger partial charge is 0.126 e. The molecule has 0 radical (unpaired) electrons. The molecule has 1 N–H and O–H groups in total. The molecule has 23 heavy (non-hydrogen) atoms. The van der Waals surface area contributed by atoms with Crippen LogP contribution in [-0.4, -0.2) is 60.6 Å². The molecule has 1 unspecified atom stereocenters. The van der Waals surface area contributed by atoms with E-state index in [1.165, 1.54) is 26.2 Å². The molecular weight excluding hydrogens is 308 g/mol. The first-order chi connectivity index (χ1) is 11.1. The fraction of sp³-hybridized carbons (Fsp3) is 0.500. The number of halogens is 1. The van der Waals surface area contributed by atoms with E-state index >= 15 is 0 Å². The Labute approximate surface area is 143 Å². The third-order valence-electron chi connectivity index (χ3n) is 4.70. The summed E-state index contributed by atoms with van der Waals surface area (Å²) in [6.45, 7) is 7.92. The molecule has 2 heterocycles. The van der Waals surface area contributed by atoms with Crippen molar-refractivity contribution >= 4 is 28.3 Å². The summed E-state index contributed by atoms with van der Waals surface area (Å²) in [5.74, 6) is 0.899. The summed E-state index contributed by atoms with van der Waals surface area (Å²) in [7, 11) is 2.19. The number of hydrogen-bond acceptors (Lipinski definition) is 4. The van der Waals surface area contributed by atoms with Crippen molar-refractivity contribution in [3.05, 3.63) is 35.4 Å². The van der Waals surface area contributed by atoms with E-state index in [0.29, 0.717) is 11.1 Å². The van der Waals surface area contributed by atoms with Gasteiger partial charge in [0.25, 0.3) is 0 Å². The summed E-state index contributed by atoms with van der Waals surface area (Å²) in [4.78, 5) is 9.60. The first-order valence-corrected chi connectivity index (χ1v) is 8.73. The summed E-state index contributed by atoms with van der Waals surface area (Å²) in [5.41, 5.74) is 0.867. The Kier molecular flexibility index (Phi) is 5.36. The van der Waals surface area contributed by atoms with Crippen LogP contribution in [0.2, 0.25) is 5.02 Å². The molecule has 1 fully saturated rings. The maximum atomic E-state index is 6.23. The van der Waals surface area contributed by atoms with E-state index < -0.39 is 0 Å². The van der Waals surface area contributed by atoms with Crippen molar-refractivity contribution in [1.82, 2.24) is 14.8 Å². The molecule has 1 saturated heterocycles. The third kappa shape index (κ3) is 4.14. The van der Waals surface area contributed by atoms with Crippen molar-refractivity contribution in [2.75, 3.05) is 45.1 Å². The summed E-state index contributed by atoms with van der Waals surface area (Å²) >= 11 is 6.23. The van der Waals surface area contributed by atoms with Gasteiger partial charge in [-0.25, -0.2) is 4.98 Å². The molecule has 0 amide bonds. The van der Waals surface area contributed by atoms with Crippen LogP contribution in [0.3, 0.4) is 0 Å². The monoisotopic (exact) mass is 332 g/mol. The van der Waals surface area contributed by atoms with Gasteiger partial charge in [-0.05, 0) is 38.6 Å². The van der Waals surface area contributed by atoms with Gasteiger partial charge in [0.2, 0.25) is 0 Å². The van der Waals surface area contributed by atoms with Gasteiger partial charge < -0.3 is 10.2 Å². The quantitative estimate of drug-likeness (QED) is 0.910. The Balaban J connectivity index is 1.53. The van der Waals surface area contributed by atoms with Crippen molar-refractivity contribution in [2.45, 2.75) is 19.4 Å². The summed E-state index contributed by atoms with van der Waals surface area (Å²) < 4.78 is 0. The summed E-state index contributed by atoms with van der Waals surface area (Å²) in [6.07, 6.45) is 1.12. The Bertz CT molecular complexity index is 653. The van der Waals surface area contributed by atoms with Crippen LogP contribution in [0.4, 0.5) is 5.82 Å². The van der Waals surface area contributed by atoms with Crippen molar-refractivity contribution in [1.29, 1.82) is 0 Å². The van der Waals surface area contributed by atoms with Crippen LogP contribution >= 0.6 is 11.6 Å². The number of aromatic nitrogens is 1. The molecule has 1 aliphatic rings. The van der Waals surface area contributed by atoms with Crippen LogP contribution in [0.5, 0.6) is 0 Å². The first kappa shape index (κ1) is 16.5. The van der Waals surface area contributed by atoms with Gasteiger partial charge in [0.1, 0.15) is 5.82 Å². The number of nitrogens with zero attached hydrogens (tertiary/aromatic N) is 3. The standard InChI is InChI=1S/C18H25ClN4/c1-14(23-12-10-22(2)11-13-23)8-9-20-17-7-6-15-4-3-5-16(19)18(15)21-17/h3-7,14H,8-13H2,1-2H3,(H,20,21). The van der Waals surface area contributed by atoms with Gasteiger partial charge in [-0.1, -0.05) is 23.7 Å². The lowest BCUT2D eigenvalue weighted by Crippen LogP contribution is -2.48. The molecule has 0 spiro atoms. The van der Waals surface area contributed by atoms with Crippen LogP contribution in [-0.2, 0) is 0 Å². The zero-order valence-electron chi connectivity index (χ0n) is 13.9. The highest BCUT2D eigenvalue weighted by Gasteiger charge is 2.18. The van der Waals surface area contributed by atoms with Gasteiger partial charge in [0.15, 0.2) is 0 Å². The fourth-order valence-electron chi connectivity index (χ4n) is 3.06. The summed E-state index contributed by atoms with van der Waals surface area (Å²) in [5, 5.41) is 5.22. The molecule has 5 heteroatoms. The van der Waals surface area contributed by atoms with Gasteiger partial charge in [-0.15, -0.1) is 0 Å². The zero-order chi connectivity index (χ0) is 16.2. The van der Waals surface area contributed by atoms with E-state index in [4.69, 9.17) is 11.6 Å². The van der Waals surface area contributed by atoms with E-state index in [1.54, 1.807) is 0 Å². The second-order valence-electron chi connectivity index (χ2n) is 6.41. The molecular formula is C18H25ClN4. The number of rotatable bonds is 5. The van der Waals surface area contributed by atoms with Crippen LogP contribution in [0, 0.1) is 0 Å². The van der Waals surface area contributed by atoms with Crippen molar-refractivity contribution in [3.63, 3.8) is 0 Å². The molecule has 1 aromatic heterocycles. The lowest BCUT2D eigenvalue weighted by atomic mass is 10.1. The zero-order valence-corrected chi connectivity index (χ0v) is 14.7. The minimum absolute atomic E-state index is 0.597. The minimum Gasteiger partial charge on any atom is -0.370 e. The number of pyridine rings is 1. The Morgan fingerprint density at radius 3 is 2.74 bits per heavy atom. The van der Waals surface area contributed by atoms with Crippen LogP contribution < -0.4 is 5.32 Å². The van der Waals surface area contributed by atoms with Gasteiger partial charge in [0, 0.05) is 44.2 Å². The number of para-hydroxylation sites is 1. The average Bonchev–Trinajstić information content (AvgIpc) is 2.56. The maximum Gasteiger partial charge on any atom is 0.126 e. The normalized spacial score (nSPS) is 18.2. The molecule has 0 saturated carbocycles. The number of fused-ring (bicyclic) bond motifs is 1. The first-order valence-electron chi connectivity index (χ1n) is 8.35. The van der Waals surface area contributed by atoms with E-state index in [0.717, 1.165) is 29.7 Å². The second-order valence-corrected chi connectivity index (χ2v) is 6.82. The van der Waals surface area contributed by atoms with Crippen molar-refractivity contribution in [3.8, 4) is 0 Å². The van der Waals surface area contributed by atoms with Crippen molar-refractivity contribution < 1.29 is 0 Å². The number of benzene rings is 1. The van der Waals surface area contributed by atoms with Crippen LogP contribution in [0.1, 0.15) is 13.3 Å². The van der Waals surface area contributed by atoms with Gasteiger partial charge in [-0.2, -0.15) is 0 Å². The topological polar surface area (TPSA) is 31.4 Å². The second kappa shape index (κ2) is 7.47. The lowest BCUT2D eigenvalue weighted by molar-refractivity contribution is 0.116. The van der Waals surface area contributed by atoms with Gasteiger partial charge in [-0.3, -0.25) is 4.90 Å². The Hall–Kier alpha value is -1.36. The lowest BCUT2D eigenvalue weighted by Gasteiger charge is -2.36. The fourth-order valence-corrected chi connectivity index (χ4v) is 3.29. The SMILES string of the molecule is CC(CCNc1ccc2cccc(Cl)c2n1)N1CCN(C)CC1. The number of anilines is 1. The van der Waals surface area contributed by atoms with E-state index in [-0.39, 0.29) is 0 Å². The van der Waals surface area contributed by atoms with Crippen LogP contribution in [0.15, 0.2) is 30.3 Å². The minimum atomic E-state index is 0.597. The van der Waals surface area contributed by atoms with Crippen LogP contribution in [0.25, 0.3) is 10.9 Å². The molecule has 1 aliphatic heterocycles. The molecule has 2 aromatic rings. The number of hydrogen-bond donors (Lipinski definition) is 1. The predicted octanol–water partition coefficient (Wildman–Crippen LogP) is 3.33. The maximum absolute atomic E-state index is 6.23. The molecule has 0 bridgehead atoms. The number of piperazine rings is 1. The number of nitrogens with one attached hydrogen (secondary N) is 1. The molecule has 124 valence electrons. The van der Waals surface area contributed by atoms with E-state index in [1.807, 2.05) is 24.3 Å². The average molecular weight is 333 g/mol. The van der Waals surface area contributed by atoms with Gasteiger partial charge >= 0.3 is 0 Å². The largest absolute Gasteiger partial charge is 0.370 e. The summed E-state index contributed by atoms with van der Waals surface area (Å²) in [6, 6.07) is 10.6. The highest BCUT2D eigenvalue weighted by atomic mass is 35.5. The molecule has 3 rings (SSSR count). The van der Waals surface area contributed by atoms with E-state index in [2.05, 4.69) is 40.1 Å². The van der Waals surface area contributed by atoms with E-state index in [9.17, 15) is 0 Å². The molecule has 4 nitrogen and oxygen atoms in total. The molecule has 1 aromatic carbocycles. The van der Waals surface area contributed by atoms with Gasteiger partial charge in [0.05, 0.1) is 10.5 Å². The molecule has 0 aliphatic carbocycles. The Morgan fingerprint density at radius 2 is 1.96 bits per heavy atom. The Morgan fingerprint density at radius 1 is 1.17 bits per heavy atom. The predicted molar refractivity (Wildman–Crippen MR) is 98.4 cm³/mol. The highest BCUT2D eigenvalue weighted by molar-refractivity contribution is 6.35.